The van der Waals surface area contributed by atoms with Gasteiger partial charge in [0.1, 0.15) is 11.6 Å². The van der Waals surface area contributed by atoms with Gasteiger partial charge < -0.3 is 16.4 Å². The molecule has 0 heterocycles. The molecule has 0 atom stereocenters. The summed E-state index contributed by atoms with van der Waals surface area (Å²) in [6, 6.07) is 15.7. The molecule has 0 spiro atoms. The predicted molar refractivity (Wildman–Crippen MR) is 109 cm³/mol. The Kier molecular flexibility index (Phi) is 7.16. The number of hydrogen-bond acceptors (Lipinski definition) is 4. The molecule has 2 rings (SSSR count). The molecule has 0 radical (unpaired) electrons. The summed E-state index contributed by atoms with van der Waals surface area (Å²) in [5.74, 6) is -0.153. The second kappa shape index (κ2) is 9.56. The molecule has 0 aliphatic rings. The number of carbonyl (C=O) groups excluding carboxylic acids is 1. The Morgan fingerprint density at radius 3 is 2.59 bits per heavy atom. The number of nitrogens with zero attached hydrogens (tertiary/aromatic N) is 1. The summed E-state index contributed by atoms with van der Waals surface area (Å²) in [4.78, 5) is 12.6. The van der Waals surface area contributed by atoms with Crippen LogP contribution in [-0.4, -0.2) is 5.91 Å². The van der Waals surface area contributed by atoms with Gasteiger partial charge in [-0.1, -0.05) is 56.3 Å². The van der Waals surface area contributed by atoms with Crippen molar-refractivity contribution in [1.82, 2.24) is 5.32 Å². The lowest BCUT2D eigenvalue weighted by molar-refractivity contribution is -0.112. The average molecular weight is 362 g/mol. The third-order valence-electron chi connectivity index (χ3n) is 4.31. The maximum atomic E-state index is 12.6. The summed E-state index contributed by atoms with van der Waals surface area (Å²) in [6.45, 7) is 7.07. The van der Waals surface area contributed by atoms with Crippen LogP contribution in [0.2, 0.25) is 0 Å². The maximum Gasteiger partial charge on any atom is 0.267 e. The Bertz CT molecular complexity index is 878. The molecule has 0 fully saturated rings. The van der Waals surface area contributed by atoms with Crippen molar-refractivity contribution in [3.05, 3.63) is 76.5 Å². The largest absolute Gasteiger partial charge is 0.386 e. The molecular weight excluding hydrogens is 336 g/mol. The number of nitriles is 1. The Labute approximate surface area is 160 Å². The summed E-state index contributed by atoms with van der Waals surface area (Å²) in [5.41, 5.74) is 10.5. The van der Waals surface area contributed by atoms with E-state index in [0.717, 1.165) is 27.9 Å². The van der Waals surface area contributed by atoms with Crippen molar-refractivity contribution < 1.29 is 4.79 Å². The van der Waals surface area contributed by atoms with Crippen LogP contribution in [0.1, 0.15) is 42.0 Å². The van der Waals surface area contributed by atoms with Crippen molar-refractivity contribution >= 4 is 11.6 Å². The molecule has 0 aliphatic heterocycles. The number of carbonyl (C=O) groups is 1. The lowest BCUT2D eigenvalue weighted by atomic mass is 9.98. The number of nitrogens with one attached hydrogen (secondary N) is 2. The van der Waals surface area contributed by atoms with E-state index in [2.05, 4.69) is 24.5 Å². The molecule has 0 unspecified atom stereocenters. The van der Waals surface area contributed by atoms with Gasteiger partial charge in [-0.05, 0) is 35.1 Å². The number of hydrogen-bond donors (Lipinski definition) is 3. The van der Waals surface area contributed by atoms with Crippen LogP contribution < -0.4 is 16.4 Å². The van der Waals surface area contributed by atoms with Crippen molar-refractivity contribution in [2.45, 2.75) is 39.8 Å². The third-order valence-corrected chi connectivity index (χ3v) is 4.31. The smallest absolute Gasteiger partial charge is 0.267 e. The standard InChI is InChI=1S/C22H26N4O/c1-15(2)20-9-4-6-16(3)21(20)26-22(27)19(12-24)14-25-13-18-8-5-7-17(10-18)11-23/h4-10,14-15,25H,11,13,23H2,1-3H3,(H,26,27)/b19-14-. The number of para-hydroxylation sites is 1. The van der Waals surface area contributed by atoms with Gasteiger partial charge in [0.2, 0.25) is 0 Å². The highest BCUT2D eigenvalue weighted by molar-refractivity contribution is 6.07. The lowest BCUT2D eigenvalue weighted by Gasteiger charge is -2.16. The zero-order valence-corrected chi connectivity index (χ0v) is 16.0. The molecule has 2 aromatic rings. The molecule has 0 saturated carbocycles. The van der Waals surface area contributed by atoms with E-state index in [9.17, 15) is 10.1 Å². The normalized spacial score (nSPS) is 11.2. The van der Waals surface area contributed by atoms with Crippen molar-refractivity contribution in [1.29, 1.82) is 5.26 Å². The fraction of sp³-hybridized carbons (Fsp3) is 0.273. The van der Waals surface area contributed by atoms with Gasteiger partial charge in [0, 0.05) is 25.0 Å². The van der Waals surface area contributed by atoms with E-state index in [1.165, 1.54) is 6.20 Å². The highest BCUT2D eigenvalue weighted by Gasteiger charge is 2.15. The first kappa shape index (κ1) is 20.2. The Morgan fingerprint density at radius 2 is 1.93 bits per heavy atom. The van der Waals surface area contributed by atoms with Gasteiger partial charge in [-0.3, -0.25) is 4.79 Å². The van der Waals surface area contributed by atoms with Crippen LogP contribution in [0.25, 0.3) is 0 Å². The fourth-order valence-electron chi connectivity index (χ4n) is 2.81. The first-order chi connectivity index (χ1) is 13.0. The first-order valence-corrected chi connectivity index (χ1v) is 8.98. The quantitative estimate of drug-likeness (QED) is 0.517. The highest BCUT2D eigenvalue weighted by atomic mass is 16.1. The summed E-state index contributed by atoms with van der Waals surface area (Å²) in [6.07, 6.45) is 1.46. The monoisotopic (exact) mass is 362 g/mol. The van der Waals surface area contributed by atoms with Gasteiger partial charge in [-0.25, -0.2) is 0 Å². The molecule has 0 saturated heterocycles. The van der Waals surface area contributed by atoms with Gasteiger partial charge in [0.25, 0.3) is 5.91 Å². The van der Waals surface area contributed by atoms with Crippen molar-refractivity contribution in [3.8, 4) is 6.07 Å². The van der Waals surface area contributed by atoms with E-state index in [0.29, 0.717) is 13.1 Å². The summed E-state index contributed by atoms with van der Waals surface area (Å²) < 4.78 is 0. The number of aryl methyl sites for hydroxylation is 1. The topological polar surface area (TPSA) is 90.9 Å². The third kappa shape index (κ3) is 5.44. The molecule has 140 valence electrons. The SMILES string of the molecule is Cc1cccc(C(C)C)c1NC(=O)/C(C#N)=C\NCc1cccc(CN)c1. The van der Waals surface area contributed by atoms with Gasteiger partial charge in [0.15, 0.2) is 0 Å². The van der Waals surface area contributed by atoms with Crippen molar-refractivity contribution in [3.63, 3.8) is 0 Å². The molecular formula is C22H26N4O. The van der Waals surface area contributed by atoms with Crippen LogP contribution in [-0.2, 0) is 17.9 Å². The van der Waals surface area contributed by atoms with E-state index < -0.39 is 5.91 Å². The van der Waals surface area contributed by atoms with E-state index >= 15 is 0 Å². The number of amides is 1. The Balaban J connectivity index is 2.10. The Hall–Kier alpha value is -3.10. The van der Waals surface area contributed by atoms with E-state index in [-0.39, 0.29) is 11.5 Å². The molecule has 1 amide bonds. The molecule has 0 aliphatic carbocycles. The molecule has 27 heavy (non-hydrogen) atoms. The Morgan fingerprint density at radius 1 is 1.22 bits per heavy atom. The predicted octanol–water partition coefficient (Wildman–Crippen LogP) is 3.71. The van der Waals surface area contributed by atoms with E-state index in [4.69, 9.17) is 5.73 Å². The van der Waals surface area contributed by atoms with E-state index in [1.54, 1.807) is 0 Å². The second-order valence-electron chi connectivity index (χ2n) is 6.72. The molecule has 5 heteroatoms. The van der Waals surface area contributed by atoms with Crippen LogP contribution in [0.4, 0.5) is 5.69 Å². The fourth-order valence-corrected chi connectivity index (χ4v) is 2.81. The van der Waals surface area contributed by atoms with Crippen LogP contribution in [0, 0.1) is 18.3 Å². The maximum absolute atomic E-state index is 12.6. The minimum atomic E-state index is -0.420. The number of benzene rings is 2. The molecule has 2 aromatic carbocycles. The zero-order valence-electron chi connectivity index (χ0n) is 16.0. The van der Waals surface area contributed by atoms with Crippen LogP contribution in [0.3, 0.4) is 0 Å². The van der Waals surface area contributed by atoms with Crippen molar-refractivity contribution in [2.75, 3.05) is 5.32 Å². The summed E-state index contributed by atoms with van der Waals surface area (Å²) in [5, 5.41) is 15.3. The summed E-state index contributed by atoms with van der Waals surface area (Å²) in [7, 11) is 0. The van der Waals surface area contributed by atoms with Crippen LogP contribution in [0.15, 0.2) is 54.2 Å². The average Bonchev–Trinajstić information content (AvgIpc) is 2.66. The molecule has 0 aromatic heterocycles. The van der Waals surface area contributed by atoms with Gasteiger partial charge in [-0.2, -0.15) is 5.26 Å². The first-order valence-electron chi connectivity index (χ1n) is 8.98. The number of rotatable bonds is 7. The zero-order chi connectivity index (χ0) is 19.8. The van der Waals surface area contributed by atoms with Crippen molar-refractivity contribution in [2.24, 2.45) is 5.73 Å². The van der Waals surface area contributed by atoms with Gasteiger partial charge in [-0.15, -0.1) is 0 Å². The second-order valence-corrected chi connectivity index (χ2v) is 6.72. The minimum absolute atomic E-state index is 0.0305. The molecule has 4 N–H and O–H groups in total. The summed E-state index contributed by atoms with van der Waals surface area (Å²) >= 11 is 0. The minimum Gasteiger partial charge on any atom is -0.386 e. The van der Waals surface area contributed by atoms with Crippen LogP contribution >= 0.6 is 0 Å². The van der Waals surface area contributed by atoms with Crippen LogP contribution in [0.5, 0.6) is 0 Å². The number of anilines is 1. The molecule has 5 nitrogen and oxygen atoms in total. The number of nitrogens with two attached hydrogens (primary N) is 1. The highest BCUT2D eigenvalue weighted by Crippen LogP contribution is 2.27. The lowest BCUT2D eigenvalue weighted by Crippen LogP contribution is -2.18. The van der Waals surface area contributed by atoms with E-state index in [1.807, 2.05) is 55.5 Å². The van der Waals surface area contributed by atoms with Gasteiger partial charge >= 0.3 is 0 Å². The van der Waals surface area contributed by atoms with Gasteiger partial charge in [0.05, 0.1) is 0 Å². The molecule has 0 bridgehead atoms.